The van der Waals surface area contributed by atoms with Crippen LogP contribution in [0.3, 0.4) is 0 Å². The molecule has 0 aliphatic carbocycles. The molecule has 1 aromatic heterocycles. The summed E-state index contributed by atoms with van der Waals surface area (Å²) in [5, 5.41) is 23.7. The molecule has 2 aromatic rings. The number of rotatable bonds is 7. The zero-order valence-electron chi connectivity index (χ0n) is 11.5. The van der Waals surface area contributed by atoms with Gasteiger partial charge in [-0.2, -0.15) is 0 Å². The van der Waals surface area contributed by atoms with Crippen LogP contribution in [-0.4, -0.2) is 40.2 Å². The lowest BCUT2D eigenvalue weighted by Crippen LogP contribution is -2.16. The molecular formula is C15H20N2O2S. The van der Waals surface area contributed by atoms with Gasteiger partial charge in [-0.1, -0.05) is 25.1 Å². The van der Waals surface area contributed by atoms with Crippen LogP contribution in [0.25, 0.3) is 10.9 Å². The molecule has 0 spiro atoms. The molecule has 0 fully saturated rings. The van der Waals surface area contributed by atoms with Crippen molar-refractivity contribution in [2.24, 2.45) is 0 Å². The van der Waals surface area contributed by atoms with E-state index in [1.54, 1.807) is 0 Å². The predicted octanol–water partition coefficient (Wildman–Crippen LogP) is 1.79. The van der Waals surface area contributed by atoms with Gasteiger partial charge in [0.25, 0.3) is 0 Å². The van der Waals surface area contributed by atoms with E-state index in [0.29, 0.717) is 5.75 Å². The second-order valence-corrected chi connectivity index (χ2v) is 5.58. The van der Waals surface area contributed by atoms with Crippen LogP contribution in [0.1, 0.15) is 12.5 Å². The van der Waals surface area contributed by atoms with E-state index in [1.165, 1.54) is 11.8 Å². The minimum absolute atomic E-state index is 0.219. The van der Waals surface area contributed by atoms with Gasteiger partial charge in [0, 0.05) is 17.7 Å². The average molecular weight is 292 g/mol. The summed E-state index contributed by atoms with van der Waals surface area (Å²) in [6, 6.07) is 10.1. The molecule has 108 valence electrons. The molecule has 3 N–H and O–H groups in total. The van der Waals surface area contributed by atoms with Crippen molar-refractivity contribution in [2.45, 2.75) is 24.6 Å². The quantitative estimate of drug-likeness (QED) is 0.679. The maximum absolute atomic E-state index is 9.49. The molecule has 0 aliphatic rings. The van der Waals surface area contributed by atoms with Crippen molar-refractivity contribution in [3.63, 3.8) is 0 Å². The molecule has 20 heavy (non-hydrogen) atoms. The first-order valence-corrected chi connectivity index (χ1v) is 7.74. The zero-order chi connectivity index (χ0) is 14.4. The molecule has 0 aliphatic heterocycles. The Balaban J connectivity index is 2.27. The number of hydrogen-bond acceptors (Lipinski definition) is 5. The van der Waals surface area contributed by atoms with Gasteiger partial charge in [-0.05, 0) is 24.2 Å². The summed E-state index contributed by atoms with van der Waals surface area (Å²) in [5.74, 6) is 0.445. The van der Waals surface area contributed by atoms with E-state index in [9.17, 15) is 5.11 Å². The van der Waals surface area contributed by atoms with Crippen molar-refractivity contribution in [2.75, 3.05) is 18.9 Å². The number of nitrogens with zero attached hydrogens (tertiary/aromatic N) is 1. The minimum Gasteiger partial charge on any atom is -0.394 e. The molecule has 0 saturated carbocycles. The second-order valence-electron chi connectivity index (χ2n) is 4.57. The van der Waals surface area contributed by atoms with Crippen LogP contribution in [0.2, 0.25) is 0 Å². The molecule has 1 unspecified atom stereocenters. The van der Waals surface area contributed by atoms with E-state index in [1.807, 2.05) is 18.2 Å². The number of nitrogens with one attached hydrogen (secondary N) is 1. The number of hydrogen-bond donors (Lipinski definition) is 3. The Bertz CT molecular complexity index is 563. The Morgan fingerprint density at radius 3 is 2.90 bits per heavy atom. The third-order valence-electron chi connectivity index (χ3n) is 2.95. The lowest BCUT2D eigenvalue weighted by Gasteiger charge is -2.12. The Morgan fingerprint density at radius 2 is 2.15 bits per heavy atom. The van der Waals surface area contributed by atoms with Crippen LogP contribution in [0.5, 0.6) is 0 Å². The van der Waals surface area contributed by atoms with Crippen LogP contribution in [0, 0.1) is 0 Å². The number of aliphatic hydroxyl groups is 2. The first-order valence-electron chi connectivity index (χ1n) is 6.75. The van der Waals surface area contributed by atoms with Crippen LogP contribution in [0.4, 0.5) is 0 Å². The summed E-state index contributed by atoms with van der Waals surface area (Å²) in [7, 11) is 0. The van der Waals surface area contributed by atoms with E-state index in [2.05, 4.69) is 29.4 Å². The van der Waals surface area contributed by atoms with Crippen molar-refractivity contribution in [1.29, 1.82) is 0 Å². The van der Waals surface area contributed by atoms with Gasteiger partial charge in [0.1, 0.15) is 5.03 Å². The highest BCUT2D eigenvalue weighted by atomic mass is 32.2. The van der Waals surface area contributed by atoms with Crippen LogP contribution >= 0.6 is 11.8 Å². The third kappa shape index (κ3) is 3.93. The highest BCUT2D eigenvalue weighted by Gasteiger charge is 2.10. The number of fused-ring (bicyclic) bond motifs is 1. The number of aromatic nitrogens is 1. The van der Waals surface area contributed by atoms with Crippen LogP contribution in [-0.2, 0) is 6.54 Å². The van der Waals surface area contributed by atoms with Crippen LogP contribution < -0.4 is 5.32 Å². The summed E-state index contributed by atoms with van der Waals surface area (Å²) >= 11 is 1.48. The first kappa shape index (κ1) is 15.3. The van der Waals surface area contributed by atoms with Gasteiger partial charge < -0.3 is 15.5 Å². The molecule has 5 heteroatoms. The minimum atomic E-state index is -0.708. The third-order valence-corrected chi connectivity index (χ3v) is 4.13. The van der Waals surface area contributed by atoms with Gasteiger partial charge in [0.2, 0.25) is 0 Å². The van der Waals surface area contributed by atoms with Gasteiger partial charge in [0.15, 0.2) is 0 Å². The number of aliphatic hydroxyl groups excluding tert-OH is 2. The summed E-state index contributed by atoms with van der Waals surface area (Å²) < 4.78 is 0. The van der Waals surface area contributed by atoms with E-state index in [0.717, 1.165) is 34.6 Å². The Labute approximate surface area is 123 Å². The molecule has 4 nitrogen and oxygen atoms in total. The van der Waals surface area contributed by atoms with E-state index >= 15 is 0 Å². The molecule has 1 aromatic carbocycles. The Morgan fingerprint density at radius 1 is 1.35 bits per heavy atom. The van der Waals surface area contributed by atoms with Crippen molar-refractivity contribution >= 4 is 22.7 Å². The molecule has 0 bridgehead atoms. The molecule has 0 amide bonds. The number of thioether (sulfide) groups is 1. The fourth-order valence-electron chi connectivity index (χ4n) is 1.88. The SMILES string of the molecule is CCNCc1cc2ccccc2nc1SCC(O)CO. The Hall–Kier alpha value is -1.14. The van der Waals surface area contributed by atoms with Gasteiger partial charge in [0.05, 0.1) is 18.2 Å². The summed E-state index contributed by atoms with van der Waals surface area (Å²) in [4.78, 5) is 4.66. The van der Waals surface area contributed by atoms with E-state index in [-0.39, 0.29) is 6.61 Å². The maximum atomic E-state index is 9.49. The van der Waals surface area contributed by atoms with Crippen molar-refractivity contribution in [1.82, 2.24) is 10.3 Å². The fourth-order valence-corrected chi connectivity index (χ4v) is 2.82. The average Bonchev–Trinajstić information content (AvgIpc) is 2.49. The van der Waals surface area contributed by atoms with Crippen molar-refractivity contribution in [3.05, 3.63) is 35.9 Å². The van der Waals surface area contributed by atoms with Gasteiger partial charge in [-0.15, -0.1) is 11.8 Å². The molecular weight excluding hydrogens is 272 g/mol. The number of benzene rings is 1. The molecule has 0 saturated heterocycles. The lowest BCUT2D eigenvalue weighted by atomic mass is 10.1. The number of para-hydroxylation sites is 1. The molecule has 1 atom stereocenters. The highest BCUT2D eigenvalue weighted by molar-refractivity contribution is 7.99. The van der Waals surface area contributed by atoms with Crippen molar-refractivity contribution in [3.8, 4) is 0 Å². The Kier molecular flexibility index (Phi) is 5.79. The smallest absolute Gasteiger partial charge is 0.101 e. The van der Waals surface area contributed by atoms with Gasteiger partial charge >= 0.3 is 0 Å². The maximum Gasteiger partial charge on any atom is 0.101 e. The zero-order valence-corrected chi connectivity index (χ0v) is 12.4. The first-order chi connectivity index (χ1) is 9.74. The van der Waals surface area contributed by atoms with E-state index < -0.39 is 6.10 Å². The molecule has 0 radical (unpaired) electrons. The highest BCUT2D eigenvalue weighted by Crippen LogP contribution is 2.25. The topological polar surface area (TPSA) is 65.4 Å². The fraction of sp³-hybridized carbons (Fsp3) is 0.400. The summed E-state index contributed by atoms with van der Waals surface area (Å²) in [6.45, 7) is 3.50. The molecule has 1 heterocycles. The standard InChI is InChI=1S/C15H20N2O2S/c1-2-16-8-12-7-11-5-3-4-6-14(11)17-15(12)20-10-13(19)9-18/h3-7,13,16,18-19H,2,8-10H2,1H3. The molecule has 2 rings (SSSR count). The number of pyridine rings is 1. The van der Waals surface area contributed by atoms with E-state index in [4.69, 9.17) is 5.11 Å². The largest absolute Gasteiger partial charge is 0.394 e. The van der Waals surface area contributed by atoms with Crippen molar-refractivity contribution < 1.29 is 10.2 Å². The van der Waals surface area contributed by atoms with Gasteiger partial charge in [-0.3, -0.25) is 0 Å². The summed E-state index contributed by atoms with van der Waals surface area (Å²) in [5.41, 5.74) is 2.08. The second kappa shape index (κ2) is 7.59. The normalized spacial score (nSPS) is 12.8. The van der Waals surface area contributed by atoms with Gasteiger partial charge in [-0.25, -0.2) is 4.98 Å². The van der Waals surface area contributed by atoms with Crippen LogP contribution in [0.15, 0.2) is 35.4 Å². The summed E-state index contributed by atoms with van der Waals surface area (Å²) in [6.07, 6.45) is -0.708. The monoisotopic (exact) mass is 292 g/mol. The predicted molar refractivity (Wildman–Crippen MR) is 82.9 cm³/mol. The lowest BCUT2D eigenvalue weighted by molar-refractivity contribution is 0.113.